The molecule has 0 aliphatic heterocycles. The molecular weight excluding hydrogens is 332 g/mol. The van der Waals surface area contributed by atoms with E-state index in [0.717, 1.165) is 6.08 Å². The van der Waals surface area contributed by atoms with E-state index in [4.69, 9.17) is 24.8 Å². The lowest BCUT2D eigenvalue weighted by Crippen LogP contribution is -2.15. The molecule has 25 heavy (non-hydrogen) atoms. The number of carbonyl (C=O) groups excluding carboxylic acids is 2. The van der Waals surface area contributed by atoms with Crippen LogP contribution in [0, 0.1) is 0 Å². The Balaban J connectivity index is 0.00000101. The number of ether oxygens (including phenoxy) is 2. The maximum Gasteiger partial charge on any atom is 0.339 e. The predicted octanol–water partition coefficient (Wildman–Crippen LogP) is 1.02. The van der Waals surface area contributed by atoms with Crippen molar-refractivity contribution in [3.63, 3.8) is 0 Å². The number of carboxylic acid groups (broad SMARTS) is 1. The zero-order valence-electron chi connectivity index (χ0n) is 13.7. The number of esters is 2. The van der Waals surface area contributed by atoms with Crippen LogP contribution in [0.25, 0.3) is 0 Å². The first-order chi connectivity index (χ1) is 12.0. The number of carbonyl (C=O) groups is 3. The van der Waals surface area contributed by atoms with E-state index in [-0.39, 0.29) is 37.6 Å². The van der Waals surface area contributed by atoms with Gasteiger partial charge in [-0.3, -0.25) is 0 Å². The van der Waals surface area contributed by atoms with Gasteiger partial charge in [0.2, 0.25) is 0 Å². The number of aliphatic hydroxyl groups is 2. The Hall–Kier alpha value is -2.71. The van der Waals surface area contributed by atoms with Crippen LogP contribution in [0.3, 0.4) is 0 Å². The number of rotatable bonds is 9. The lowest BCUT2D eigenvalue weighted by Gasteiger charge is -2.09. The summed E-state index contributed by atoms with van der Waals surface area (Å²) in [5, 5.41) is 24.9. The quantitative estimate of drug-likeness (QED) is 0.340. The van der Waals surface area contributed by atoms with Gasteiger partial charge in [0, 0.05) is 32.1 Å². The summed E-state index contributed by atoms with van der Waals surface area (Å²) in [6.45, 7) is 2.99. The average Bonchev–Trinajstić information content (AvgIpc) is 2.62. The zero-order chi connectivity index (χ0) is 19.1. The van der Waals surface area contributed by atoms with Gasteiger partial charge >= 0.3 is 17.9 Å². The van der Waals surface area contributed by atoms with Crippen molar-refractivity contribution in [3.8, 4) is 0 Å². The Bertz CT molecular complexity index is 527. The predicted molar refractivity (Wildman–Crippen MR) is 88.2 cm³/mol. The first-order valence-electron chi connectivity index (χ1n) is 7.48. The number of aliphatic carboxylic acids is 1. The number of carboxylic acids is 1. The molecule has 0 saturated heterocycles. The molecule has 3 N–H and O–H groups in total. The van der Waals surface area contributed by atoms with Gasteiger partial charge in [-0.1, -0.05) is 18.7 Å². The fraction of sp³-hybridized carbons (Fsp3) is 0.353. The molecule has 1 rings (SSSR count). The molecule has 0 saturated carbocycles. The van der Waals surface area contributed by atoms with Gasteiger partial charge in [0.05, 0.1) is 24.3 Å². The van der Waals surface area contributed by atoms with Gasteiger partial charge in [0.15, 0.2) is 0 Å². The van der Waals surface area contributed by atoms with Crippen molar-refractivity contribution in [3.05, 3.63) is 48.0 Å². The Labute approximate surface area is 145 Å². The molecule has 8 heteroatoms. The summed E-state index contributed by atoms with van der Waals surface area (Å²) in [7, 11) is 0. The van der Waals surface area contributed by atoms with E-state index in [1.807, 2.05) is 0 Å². The van der Waals surface area contributed by atoms with E-state index >= 15 is 0 Å². The molecular formula is C17H22O8. The van der Waals surface area contributed by atoms with Gasteiger partial charge in [-0.2, -0.15) is 0 Å². The Morgan fingerprint density at radius 3 is 1.56 bits per heavy atom. The Morgan fingerprint density at radius 1 is 0.920 bits per heavy atom. The van der Waals surface area contributed by atoms with E-state index in [0.29, 0.717) is 12.8 Å². The average molecular weight is 354 g/mol. The van der Waals surface area contributed by atoms with Gasteiger partial charge in [0.1, 0.15) is 0 Å². The molecule has 0 radical (unpaired) electrons. The van der Waals surface area contributed by atoms with Crippen LogP contribution < -0.4 is 0 Å². The standard InChI is InChI=1S/C14H18O6.C3H4O2/c15-7-3-9-19-13(17)11-5-1-2-6-12(11)14(18)20-10-4-8-16;1-2-3(4)5/h1-2,5-6,15-16H,3-4,7-10H2;2H,1H2,(H,4,5). The highest BCUT2D eigenvalue weighted by atomic mass is 16.5. The van der Waals surface area contributed by atoms with Gasteiger partial charge in [-0.25, -0.2) is 14.4 Å². The molecule has 0 amide bonds. The highest BCUT2D eigenvalue weighted by Gasteiger charge is 2.18. The van der Waals surface area contributed by atoms with Crippen LogP contribution >= 0.6 is 0 Å². The number of aliphatic hydroxyl groups excluding tert-OH is 2. The van der Waals surface area contributed by atoms with Crippen LogP contribution in [0.1, 0.15) is 33.6 Å². The Morgan fingerprint density at radius 2 is 1.28 bits per heavy atom. The molecule has 8 nitrogen and oxygen atoms in total. The summed E-state index contributed by atoms with van der Waals surface area (Å²) in [4.78, 5) is 32.9. The minimum absolute atomic E-state index is 0.0713. The van der Waals surface area contributed by atoms with Crippen molar-refractivity contribution in [2.75, 3.05) is 26.4 Å². The van der Waals surface area contributed by atoms with Crippen LogP contribution in [0.15, 0.2) is 36.9 Å². The fourth-order valence-corrected chi connectivity index (χ4v) is 1.45. The van der Waals surface area contributed by atoms with Gasteiger partial charge in [-0.15, -0.1) is 0 Å². The van der Waals surface area contributed by atoms with Crippen molar-refractivity contribution in [2.24, 2.45) is 0 Å². The second-order valence-electron chi connectivity index (χ2n) is 4.51. The molecule has 0 aromatic heterocycles. The minimum atomic E-state index is -0.981. The third-order valence-corrected chi connectivity index (χ3v) is 2.61. The lowest BCUT2D eigenvalue weighted by atomic mass is 10.1. The zero-order valence-corrected chi connectivity index (χ0v) is 13.7. The van der Waals surface area contributed by atoms with Crippen LogP contribution in [0.4, 0.5) is 0 Å². The largest absolute Gasteiger partial charge is 0.478 e. The normalized spacial score (nSPS) is 9.36. The van der Waals surface area contributed by atoms with Crippen molar-refractivity contribution in [1.29, 1.82) is 0 Å². The molecule has 0 unspecified atom stereocenters. The van der Waals surface area contributed by atoms with Gasteiger partial charge in [-0.05, 0) is 12.1 Å². The summed E-state index contributed by atoms with van der Waals surface area (Å²) in [5.74, 6) is -2.24. The monoisotopic (exact) mass is 354 g/mol. The van der Waals surface area contributed by atoms with Crippen LogP contribution in [-0.2, 0) is 14.3 Å². The summed E-state index contributed by atoms with van der Waals surface area (Å²) in [6.07, 6.45) is 1.52. The van der Waals surface area contributed by atoms with Crippen molar-refractivity contribution < 1.29 is 39.2 Å². The highest BCUT2D eigenvalue weighted by molar-refractivity contribution is 6.03. The summed E-state index contributed by atoms with van der Waals surface area (Å²) < 4.78 is 9.88. The Kier molecular flexibility index (Phi) is 12.2. The fourth-order valence-electron chi connectivity index (χ4n) is 1.45. The smallest absolute Gasteiger partial charge is 0.339 e. The summed E-state index contributed by atoms with van der Waals surface area (Å²) in [5.41, 5.74) is 0.249. The first-order valence-corrected chi connectivity index (χ1v) is 7.48. The molecule has 0 aliphatic rings. The van der Waals surface area contributed by atoms with E-state index < -0.39 is 17.9 Å². The van der Waals surface area contributed by atoms with Crippen molar-refractivity contribution >= 4 is 17.9 Å². The molecule has 0 heterocycles. The summed E-state index contributed by atoms with van der Waals surface area (Å²) >= 11 is 0. The second kappa shape index (κ2) is 13.7. The van der Waals surface area contributed by atoms with Gasteiger partial charge < -0.3 is 24.8 Å². The molecule has 0 atom stereocenters. The maximum atomic E-state index is 11.8. The second-order valence-corrected chi connectivity index (χ2v) is 4.51. The molecule has 0 spiro atoms. The topological polar surface area (TPSA) is 130 Å². The van der Waals surface area contributed by atoms with Crippen LogP contribution in [-0.4, -0.2) is 59.7 Å². The minimum Gasteiger partial charge on any atom is -0.478 e. The van der Waals surface area contributed by atoms with E-state index in [1.54, 1.807) is 12.1 Å². The first kappa shape index (κ1) is 22.3. The SMILES string of the molecule is C=CC(=O)O.O=C(OCCCO)c1ccccc1C(=O)OCCCO. The summed E-state index contributed by atoms with van der Waals surface area (Å²) in [6, 6.07) is 6.19. The van der Waals surface area contributed by atoms with Crippen LogP contribution in [0.2, 0.25) is 0 Å². The number of benzene rings is 1. The van der Waals surface area contributed by atoms with E-state index in [2.05, 4.69) is 6.58 Å². The van der Waals surface area contributed by atoms with Crippen molar-refractivity contribution in [2.45, 2.75) is 12.8 Å². The van der Waals surface area contributed by atoms with Crippen molar-refractivity contribution in [1.82, 2.24) is 0 Å². The maximum absolute atomic E-state index is 11.8. The molecule has 0 fully saturated rings. The van der Waals surface area contributed by atoms with E-state index in [1.165, 1.54) is 12.1 Å². The lowest BCUT2D eigenvalue weighted by molar-refractivity contribution is -0.131. The molecule has 1 aromatic rings. The third kappa shape index (κ3) is 9.90. The molecule has 0 bridgehead atoms. The third-order valence-electron chi connectivity index (χ3n) is 2.61. The molecule has 138 valence electrons. The van der Waals surface area contributed by atoms with Crippen LogP contribution in [0.5, 0.6) is 0 Å². The van der Waals surface area contributed by atoms with E-state index in [9.17, 15) is 14.4 Å². The van der Waals surface area contributed by atoms with Gasteiger partial charge in [0.25, 0.3) is 0 Å². The molecule has 1 aromatic carbocycles. The highest BCUT2D eigenvalue weighted by Crippen LogP contribution is 2.12. The molecule has 0 aliphatic carbocycles. The number of hydrogen-bond donors (Lipinski definition) is 3. The number of hydrogen-bond acceptors (Lipinski definition) is 7.